The lowest BCUT2D eigenvalue weighted by Crippen LogP contribution is -2.10. The van der Waals surface area contributed by atoms with Gasteiger partial charge < -0.3 is 14.2 Å². The predicted octanol–water partition coefficient (Wildman–Crippen LogP) is 2.47. The number of pyridine rings is 1. The summed E-state index contributed by atoms with van der Waals surface area (Å²) in [7, 11) is 0. The molecule has 0 radical (unpaired) electrons. The Morgan fingerprint density at radius 1 is 1.53 bits per heavy atom. The molecule has 0 atom stereocenters. The second kappa shape index (κ2) is 4.25. The van der Waals surface area contributed by atoms with Gasteiger partial charge in [0.05, 0.1) is 6.10 Å². The molecule has 2 heterocycles. The van der Waals surface area contributed by atoms with Crippen LogP contribution in [0.2, 0.25) is 5.15 Å². The number of aromatic nitrogens is 2. The summed E-state index contributed by atoms with van der Waals surface area (Å²) in [6.07, 6.45) is 2.87. The van der Waals surface area contributed by atoms with E-state index in [4.69, 9.17) is 21.4 Å². The lowest BCUT2D eigenvalue weighted by molar-refractivity contribution is 0.0690. The third-order valence-corrected chi connectivity index (χ3v) is 2.30. The van der Waals surface area contributed by atoms with Gasteiger partial charge in [0.2, 0.25) is 0 Å². The average Bonchev–Trinajstić information content (AvgIpc) is 2.54. The van der Waals surface area contributed by atoms with Gasteiger partial charge in [0.25, 0.3) is 0 Å². The Balaban J connectivity index is 2.61. The molecule has 0 saturated heterocycles. The molecule has 0 aliphatic heterocycles. The van der Waals surface area contributed by atoms with Crippen LogP contribution in [0, 0.1) is 0 Å². The van der Waals surface area contributed by atoms with Crippen LogP contribution in [0.4, 0.5) is 0 Å². The van der Waals surface area contributed by atoms with Crippen molar-refractivity contribution < 1.29 is 14.6 Å². The highest BCUT2D eigenvalue weighted by molar-refractivity contribution is 6.29. The van der Waals surface area contributed by atoms with Gasteiger partial charge in [-0.25, -0.2) is 9.78 Å². The summed E-state index contributed by atoms with van der Waals surface area (Å²) in [6, 6.07) is 1.56. The van der Waals surface area contributed by atoms with Crippen LogP contribution >= 0.6 is 11.6 Å². The molecule has 6 heteroatoms. The molecule has 0 aliphatic rings. The number of hydrogen-bond acceptors (Lipinski definition) is 3. The number of nitrogens with zero attached hydrogens (tertiary/aromatic N) is 2. The Hall–Kier alpha value is -1.75. The number of aromatic carboxylic acids is 1. The van der Waals surface area contributed by atoms with Gasteiger partial charge in [-0.15, -0.1) is 0 Å². The molecule has 0 spiro atoms. The number of carbonyl (C=O) groups is 1. The van der Waals surface area contributed by atoms with Crippen LogP contribution in [0.5, 0.6) is 5.75 Å². The summed E-state index contributed by atoms with van der Waals surface area (Å²) in [5.74, 6) is -0.755. The largest absolute Gasteiger partial charge is 0.490 e. The van der Waals surface area contributed by atoms with E-state index < -0.39 is 5.97 Å². The van der Waals surface area contributed by atoms with Crippen molar-refractivity contribution in [2.45, 2.75) is 20.0 Å². The Labute approximate surface area is 103 Å². The topological polar surface area (TPSA) is 63.8 Å². The summed E-state index contributed by atoms with van der Waals surface area (Å²) in [4.78, 5) is 15.1. The van der Waals surface area contributed by atoms with E-state index in [1.807, 2.05) is 13.8 Å². The highest BCUT2D eigenvalue weighted by Gasteiger charge is 2.15. The zero-order valence-corrected chi connectivity index (χ0v) is 10.1. The molecule has 2 aromatic rings. The minimum Gasteiger partial charge on any atom is -0.490 e. The second-order valence-electron chi connectivity index (χ2n) is 3.85. The molecule has 1 N–H and O–H groups in total. The fraction of sp³-hybridized carbons (Fsp3) is 0.273. The lowest BCUT2D eigenvalue weighted by Gasteiger charge is -2.12. The molecule has 90 valence electrons. The first kappa shape index (κ1) is 11.7. The van der Waals surface area contributed by atoms with Crippen LogP contribution < -0.4 is 4.74 Å². The average molecular weight is 255 g/mol. The molecule has 0 aliphatic carbocycles. The number of carboxylic acids is 1. The summed E-state index contributed by atoms with van der Waals surface area (Å²) in [5.41, 5.74) is 0.635. The maximum Gasteiger partial charge on any atom is 0.341 e. The van der Waals surface area contributed by atoms with E-state index in [2.05, 4.69) is 4.98 Å². The minimum absolute atomic E-state index is 0.0836. The Morgan fingerprint density at radius 2 is 2.24 bits per heavy atom. The van der Waals surface area contributed by atoms with Gasteiger partial charge in [-0.3, -0.25) is 0 Å². The zero-order valence-electron chi connectivity index (χ0n) is 9.35. The highest BCUT2D eigenvalue weighted by Crippen LogP contribution is 2.23. The van der Waals surface area contributed by atoms with Crippen molar-refractivity contribution in [1.82, 2.24) is 9.38 Å². The predicted molar refractivity (Wildman–Crippen MR) is 62.9 cm³/mol. The second-order valence-corrected chi connectivity index (χ2v) is 4.24. The standard InChI is InChI=1S/C11H11ClN2O3/c1-6(2)17-8-3-10-13-9(12)5-14(10)4-7(8)11(15)16/h3-6H,1-2H3,(H,15,16). The van der Waals surface area contributed by atoms with Crippen LogP contribution in [-0.2, 0) is 0 Å². The highest BCUT2D eigenvalue weighted by atomic mass is 35.5. The Bertz CT molecular complexity index is 577. The van der Waals surface area contributed by atoms with Gasteiger partial charge >= 0.3 is 5.97 Å². The fourth-order valence-corrected chi connectivity index (χ4v) is 1.69. The number of carboxylic acid groups (broad SMARTS) is 1. The molecule has 17 heavy (non-hydrogen) atoms. The zero-order chi connectivity index (χ0) is 12.6. The minimum atomic E-state index is -1.05. The normalized spacial score (nSPS) is 11.1. The first-order chi connectivity index (χ1) is 7.97. The number of fused-ring (bicyclic) bond motifs is 1. The van der Waals surface area contributed by atoms with E-state index in [9.17, 15) is 4.79 Å². The number of hydrogen-bond donors (Lipinski definition) is 1. The van der Waals surface area contributed by atoms with Crippen molar-refractivity contribution in [2.24, 2.45) is 0 Å². The van der Waals surface area contributed by atoms with Gasteiger partial charge in [0.1, 0.15) is 22.1 Å². The molecular weight excluding hydrogens is 244 g/mol. The molecule has 0 bridgehead atoms. The quantitative estimate of drug-likeness (QED) is 0.914. The van der Waals surface area contributed by atoms with Crippen LogP contribution in [0.1, 0.15) is 24.2 Å². The van der Waals surface area contributed by atoms with E-state index in [1.165, 1.54) is 6.20 Å². The van der Waals surface area contributed by atoms with Crippen LogP contribution in [-0.4, -0.2) is 26.6 Å². The molecule has 0 unspecified atom stereocenters. The molecule has 0 aromatic carbocycles. The van der Waals surface area contributed by atoms with Crippen molar-refractivity contribution in [1.29, 1.82) is 0 Å². The van der Waals surface area contributed by atoms with Gasteiger partial charge in [0, 0.05) is 18.5 Å². The van der Waals surface area contributed by atoms with Gasteiger partial charge in [0.15, 0.2) is 0 Å². The molecule has 0 fully saturated rings. The maximum absolute atomic E-state index is 11.1. The number of halogens is 1. The lowest BCUT2D eigenvalue weighted by atomic mass is 10.2. The van der Waals surface area contributed by atoms with Crippen molar-refractivity contribution in [3.63, 3.8) is 0 Å². The van der Waals surface area contributed by atoms with Gasteiger partial charge in [-0.05, 0) is 13.8 Å². The summed E-state index contributed by atoms with van der Waals surface area (Å²) in [5, 5.41) is 9.41. The van der Waals surface area contributed by atoms with Crippen LogP contribution in [0.25, 0.3) is 5.65 Å². The maximum atomic E-state index is 11.1. The van der Waals surface area contributed by atoms with Crippen molar-refractivity contribution >= 4 is 23.2 Å². The Kier molecular flexibility index (Phi) is 2.93. The van der Waals surface area contributed by atoms with E-state index in [0.717, 1.165) is 0 Å². The molecule has 0 saturated carbocycles. The van der Waals surface area contributed by atoms with E-state index in [0.29, 0.717) is 16.5 Å². The van der Waals surface area contributed by atoms with Gasteiger partial charge in [-0.1, -0.05) is 11.6 Å². The molecule has 2 rings (SSSR count). The van der Waals surface area contributed by atoms with Crippen LogP contribution in [0.15, 0.2) is 18.5 Å². The third-order valence-electron chi connectivity index (χ3n) is 2.12. The third kappa shape index (κ3) is 2.34. The Morgan fingerprint density at radius 3 is 2.82 bits per heavy atom. The summed E-state index contributed by atoms with van der Waals surface area (Å²) in [6.45, 7) is 3.66. The monoisotopic (exact) mass is 254 g/mol. The molecule has 0 amide bonds. The molecule has 5 nitrogen and oxygen atoms in total. The first-order valence-electron chi connectivity index (χ1n) is 5.05. The SMILES string of the molecule is CC(C)Oc1cc2nc(Cl)cn2cc1C(=O)O. The summed E-state index contributed by atoms with van der Waals surface area (Å²) < 4.78 is 7.00. The molecule has 2 aromatic heterocycles. The van der Waals surface area contributed by atoms with E-state index in [1.54, 1.807) is 16.7 Å². The number of imidazole rings is 1. The van der Waals surface area contributed by atoms with E-state index >= 15 is 0 Å². The van der Waals surface area contributed by atoms with Gasteiger partial charge in [-0.2, -0.15) is 0 Å². The summed E-state index contributed by atoms with van der Waals surface area (Å²) >= 11 is 5.75. The van der Waals surface area contributed by atoms with E-state index in [-0.39, 0.29) is 11.7 Å². The first-order valence-corrected chi connectivity index (χ1v) is 5.43. The van der Waals surface area contributed by atoms with Crippen molar-refractivity contribution in [2.75, 3.05) is 0 Å². The van der Waals surface area contributed by atoms with Crippen molar-refractivity contribution in [3.8, 4) is 5.75 Å². The smallest absolute Gasteiger partial charge is 0.341 e. The number of rotatable bonds is 3. The van der Waals surface area contributed by atoms with Crippen molar-refractivity contribution in [3.05, 3.63) is 29.2 Å². The fourth-order valence-electron chi connectivity index (χ4n) is 1.50. The molecular formula is C11H11ClN2O3. The number of ether oxygens (including phenoxy) is 1. The van der Waals surface area contributed by atoms with Crippen LogP contribution in [0.3, 0.4) is 0 Å².